The lowest BCUT2D eigenvalue weighted by atomic mass is 9.96. The van der Waals surface area contributed by atoms with Crippen molar-refractivity contribution in [1.82, 2.24) is 15.5 Å². The molecule has 7 nitrogen and oxygen atoms in total. The van der Waals surface area contributed by atoms with Crippen molar-refractivity contribution in [3.8, 4) is 0 Å². The van der Waals surface area contributed by atoms with Gasteiger partial charge in [0.15, 0.2) is 0 Å². The summed E-state index contributed by atoms with van der Waals surface area (Å²) in [4.78, 5) is 42.1. The van der Waals surface area contributed by atoms with Crippen LogP contribution in [0.5, 0.6) is 0 Å². The van der Waals surface area contributed by atoms with E-state index in [-0.39, 0.29) is 17.7 Å². The fourth-order valence-corrected chi connectivity index (χ4v) is 4.35. The number of nitrogens with zero attached hydrogens (tertiary/aromatic N) is 1. The van der Waals surface area contributed by atoms with Crippen LogP contribution in [-0.2, 0) is 14.3 Å². The molecule has 0 aliphatic carbocycles. The summed E-state index contributed by atoms with van der Waals surface area (Å²) in [5, 5.41) is 5.86. The monoisotopic (exact) mass is 517 g/mol. The molecule has 1 rings (SSSR count). The molecule has 0 radical (unpaired) electrons. The van der Waals surface area contributed by atoms with Crippen LogP contribution in [0.3, 0.4) is 0 Å². The minimum absolute atomic E-state index is 0.189. The average Bonchev–Trinajstić information content (AvgIpc) is 2.77. The number of nitrogens with one attached hydrogen (secondary N) is 2. The van der Waals surface area contributed by atoms with Gasteiger partial charge in [0.1, 0.15) is 17.7 Å². The number of amides is 3. The molecule has 0 saturated heterocycles. The quantitative estimate of drug-likeness (QED) is 0.287. The van der Waals surface area contributed by atoms with Gasteiger partial charge in [-0.05, 0) is 58.9 Å². The Labute approximate surface area is 225 Å². The summed E-state index contributed by atoms with van der Waals surface area (Å²) >= 11 is 0. The summed E-state index contributed by atoms with van der Waals surface area (Å²) in [6, 6.07) is 4.41. The summed E-state index contributed by atoms with van der Waals surface area (Å²) < 4.78 is 5.45. The van der Waals surface area contributed by atoms with Gasteiger partial charge in [0, 0.05) is 13.1 Å². The van der Waals surface area contributed by atoms with Gasteiger partial charge in [0.2, 0.25) is 11.8 Å². The summed E-state index contributed by atoms with van der Waals surface area (Å²) in [5.41, 5.74) is 2.17. The Morgan fingerprint density at radius 2 is 1.49 bits per heavy atom. The Kier molecular flexibility index (Phi) is 13.7. The van der Waals surface area contributed by atoms with Gasteiger partial charge in [-0.1, -0.05) is 82.7 Å². The van der Waals surface area contributed by atoms with Crippen molar-refractivity contribution in [3.05, 3.63) is 34.9 Å². The lowest BCUT2D eigenvalue weighted by Gasteiger charge is -2.36. The fraction of sp³-hybridized carbons (Fsp3) is 0.700. The number of ether oxygens (including phenoxy) is 1. The van der Waals surface area contributed by atoms with Crippen LogP contribution < -0.4 is 10.6 Å². The van der Waals surface area contributed by atoms with E-state index in [4.69, 9.17) is 4.74 Å². The van der Waals surface area contributed by atoms with Crippen molar-refractivity contribution in [3.63, 3.8) is 0 Å². The molecule has 3 amide bonds. The zero-order valence-corrected chi connectivity index (χ0v) is 24.7. The number of unbranched alkanes of at least 4 members (excludes halogenated alkanes) is 4. The molecule has 1 aromatic carbocycles. The Morgan fingerprint density at radius 3 is 2.00 bits per heavy atom. The normalized spacial score (nSPS) is 13.1. The largest absolute Gasteiger partial charge is 0.444 e. The first-order valence-corrected chi connectivity index (χ1v) is 14.0. The topological polar surface area (TPSA) is 87.7 Å². The smallest absolute Gasteiger partial charge is 0.408 e. The summed E-state index contributed by atoms with van der Waals surface area (Å²) in [5.74, 6) is -0.656. The van der Waals surface area contributed by atoms with Gasteiger partial charge in [0.25, 0.3) is 0 Å². The SMILES string of the molecule is CCCCCNC(=O)C(c1cc(C)cc(C)c1)N(CCCCC)C(=O)C(NC(=O)OC(C)(C)C)C(C)C. The maximum atomic E-state index is 14.1. The van der Waals surface area contributed by atoms with Crippen LogP contribution in [-0.4, -0.2) is 47.5 Å². The molecule has 0 heterocycles. The Morgan fingerprint density at radius 1 is 0.919 bits per heavy atom. The van der Waals surface area contributed by atoms with E-state index in [9.17, 15) is 14.4 Å². The maximum absolute atomic E-state index is 14.1. The molecule has 0 aliphatic heterocycles. The number of carbonyl (C=O) groups is 3. The Bertz CT molecular complexity index is 856. The Balaban J connectivity index is 3.46. The lowest BCUT2D eigenvalue weighted by Crippen LogP contribution is -2.55. The first-order valence-electron chi connectivity index (χ1n) is 14.0. The van der Waals surface area contributed by atoms with E-state index in [1.54, 1.807) is 25.7 Å². The number of rotatable bonds is 14. The highest BCUT2D eigenvalue weighted by Crippen LogP contribution is 2.26. The molecule has 0 saturated carbocycles. The molecule has 7 heteroatoms. The zero-order chi connectivity index (χ0) is 28.2. The third kappa shape index (κ3) is 11.6. The molecule has 37 heavy (non-hydrogen) atoms. The van der Waals surface area contributed by atoms with Crippen LogP contribution in [0.15, 0.2) is 18.2 Å². The van der Waals surface area contributed by atoms with Gasteiger partial charge in [0.05, 0.1) is 0 Å². The summed E-state index contributed by atoms with van der Waals surface area (Å²) in [7, 11) is 0. The highest BCUT2D eigenvalue weighted by molar-refractivity contribution is 5.92. The predicted octanol–water partition coefficient (Wildman–Crippen LogP) is 6.22. The van der Waals surface area contributed by atoms with Gasteiger partial charge in [-0.2, -0.15) is 0 Å². The molecule has 2 unspecified atom stereocenters. The molecule has 2 atom stereocenters. The zero-order valence-electron chi connectivity index (χ0n) is 24.7. The molecular weight excluding hydrogens is 466 g/mol. The van der Waals surface area contributed by atoms with Crippen molar-refractivity contribution in [1.29, 1.82) is 0 Å². The van der Waals surface area contributed by atoms with Crippen molar-refractivity contribution in [2.45, 2.75) is 119 Å². The van der Waals surface area contributed by atoms with E-state index in [0.717, 1.165) is 55.2 Å². The van der Waals surface area contributed by atoms with Crippen LogP contribution in [0, 0.1) is 19.8 Å². The van der Waals surface area contributed by atoms with Gasteiger partial charge < -0.3 is 20.3 Å². The van der Waals surface area contributed by atoms with Crippen LogP contribution in [0.2, 0.25) is 0 Å². The number of benzene rings is 1. The number of alkyl carbamates (subject to hydrolysis) is 1. The second-order valence-electron chi connectivity index (χ2n) is 11.4. The third-order valence-electron chi connectivity index (χ3n) is 6.09. The van der Waals surface area contributed by atoms with Crippen molar-refractivity contribution in [2.24, 2.45) is 5.92 Å². The summed E-state index contributed by atoms with van der Waals surface area (Å²) in [6.07, 6.45) is 5.04. The Hall–Kier alpha value is -2.57. The molecule has 2 N–H and O–H groups in total. The summed E-state index contributed by atoms with van der Waals surface area (Å²) in [6.45, 7) is 18.3. The van der Waals surface area contributed by atoms with E-state index in [0.29, 0.717) is 13.1 Å². The second-order valence-corrected chi connectivity index (χ2v) is 11.4. The van der Waals surface area contributed by atoms with Crippen LogP contribution in [0.1, 0.15) is 110 Å². The van der Waals surface area contributed by atoms with Gasteiger partial charge in [-0.15, -0.1) is 0 Å². The first kappa shape index (κ1) is 32.5. The molecule has 0 fully saturated rings. The van der Waals surface area contributed by atoms with Gasteiger partial charge >= 0.3 is 6.09 Å². The van der Waals surface area contributed by atoms with Gasteiger partial charge in [-0.25, -0.2) is 4.79 Å². The fourth-order valence-electron chi connectivity index (χ4n) is 4.35. The van der Waals surface area contributed by atoms with E-state index in [1.807, 2.05) is 39.8 Å². The molecular formula is C30H51N3O4. The van der Waals surface area contributed by atoms with Crippen LogP contribution >= 0.6 is 0 Å². The van der Waals surface area contributed by atoms with E-state index < -0.39 is 23.8 Å². The first-order chi connectivity index (χ1) is 17.3. The number of hydrogen-bond donors (Lipinski definition) is 2. The van der Waals surface area contributed by atoms with Crippen molar-refractivity contribution >= 4 is 17.9 Å². The highest BCUT2D eigenvalue weighted by atomic mass is 16.6. The highest BCUT2D eigenvalue weighted by Gasteiger charge is 2.37. The van der Waals surface area contributed by atoms with Gasteiger partial charge in [-0.3, -0.25) is 9.59 Å². The average molecular weight is 518 g/mol. The molecule has 0 aromatic heterocycles. The minimum Gasteiger partial charge on any atom is -0.444 e. The second kappa shape index (κ2) is 15.6. The van der Waals surface area contributed by atoms with Crippen LogP contribution in [0.4, 0.5) is 4.79 Å². The molecule has 0 bridgehead atoms. The molecule has 0 aliphatic rings. The standard InChI is InChI=1S/C30H51N3O4/c1-10-12-14-16-31-27(34)26(24-19-22(5)18-23(6)20-24)33(17-15-13-11-2)28(35)25(21(3)4)32-29(36)37-30(7,8)9/h18-21,25-26H,10-17H2,1-9H3,(H,31,34)(H,32,36). The molecule has 1 aromatic rings. The number of carbonyl (C=O) groups excluding carboxylic acids is 3. The number of hydrogen-bond acceptors (Lipinski definition) is 4. The third-order valence-corrected chi connectivity index (χ3v) is 6.09. The minimum atomic E-state index is -0.822. The molecule has 0 spiro atoms. The predicted molar refractivity (Wildman–Crippen MR) is 150 cm³/mol. The van der Waals surface area contributed by atoms with E-state index in [1.165, 1.54) is 0 Å². The maximum Gasteiger partial charge on any atom is 0.408 e. The number of aryl methyl sites for hydroxylation is 2. The van der Waals surface area contributed by atoms with Crippen molar-refractivity contribution in [2.75, 3.05) is 13.1 Å². The lowest BCUT2D eigenvalue weighted by molar-refractivity contribution is -0.143. The van der Waals surface area contributed by atoms with E-state index >= 15 is 0 Å². The van der Waals surface area contributed by atoms with Crippen LogP contribution in [0.25, 0.3) is 0 Å². The molecule has 210 valence electrons. The van der Waals surface area contributed by atoms with E-state index in [2.05, 4.69) is 30.5 Å². The van der Waals surface area contributed by atoms with Crippen molar-refractivity contribution < 1.29 is 19.1 Å².